The third kappa shape index (κ3) is 38.2. The van der Waals surface area contributed by atoms with Gasteiger partial charge in [-0.1, -0.05) is 243 Å². The van der Waals surface area contributed by atoms with Gasteiger partial charge in [-0.25, -0.2) is 0 Å². The molecule has 8 aromatic carbocycles. The molecule has 2 atom stereocenters. The van der Waals surface area contributed by atoms with Crippen LogP contribution in [0.15, 0.2) is 243 Å². The Bertz CT molecular complexity index is 3020. The maximum atomic E-state index is 12.5. The molecule has 0 spiro atoms. The average Bonchev–Trinajstić information content (AvgIpc) is 3.26. The molecule has 0 fully saturated rings. The Kier molecular flexibility index (Phi) is 52.3. The van der Waals surface area contributed by atoms with Crippen molar-refractivity contribution in [2.45, 2.75) is 21.9 Å². The number of alkyl halides is 1. The molecular formula is C63H70BrClN3NaO16S4. The van der Waals surface area contributed by atoms with Crippen LogP contribution in [0.5, 0.6) is 0 Å². The van der Waals surface area contributed by atoms with Crippen molar-refractivity contribution in [3.63, 3.8) is 0 Å². The summed E-state index contributed by atoms with van der Waals surface area (Å²) in [6.07, 6.45) is -0.516. The van der Waals surface area contributed by atoms with E-state index in [-0.39, 0.29) is 97.9 Å². The first-order valence-corrected chi connectivity index (χ1v) is 29.9. The molecule has 0 aliphatic heterocycles. The van der Waals surface area contributed by atoms with Gasteiger partial charge in [-0.3, -0.25) is 42.9 Å². The fraction of sp³-hybridized carbons (Fsp3) is 0.143. The van der Waals surface area contributed by atoms with E-state index in [2.05, 4.69) is 33.3 Å². The second kappa shape index (κ2) is 54.0. The van der Waals surface area contributed by atoms with Crippen molar-refractivity contribution in [2.75, 3.05) is 30.2 Å². The molecule has 0 amide bonds. The van der Waals surface area contributed by atoms with Crippen LogP contribution in [0.2, 0.25) is 0 Å². The zero-order chi connectivity index (χ0) is 63.9. The number of carbonyl (C=O) groups excluding carboxylic acids is 2. The number of hydrogen-bond donors (Lipinski definition) is 9. The molecule has 8 aromatic rings. The minimum Gasteiger partial charge on any atom is -0.662 e. The summed E-state index contributed by atoms with van der Waals surface area (Å²) in [5, 5.41) is 55.0. The van der Waals surface area contributed by atoms with Crippen LogP contribution in [0.1, 0.15) is 66.4 Å². The maximum Gasteiger partial charge on any atom is 1.00 e. The molecule has 0 saturated heterocycles. The molecule has 2 unspecified atom stereocenters. The van der Waals surface area contributed by atoms with Crippen LogP contribution >= 0.6 is 52.6 Å². The van der Waals surface area contributed by atoms with Gasteiger partial charge in [0.05, 0.1) is 28.6 Å². The summed E-state index contributed by atoms with van der Waals surface area (Å²) in [5.41, 5.74) is 17.0. The maximum absolute atomic E-state index is 12.5. The van der Waals surface area contributed by atoms with Gasteiger partial charge >= 0.3 is 53.4 Å². The molecule has 8 rings (SSSR count). The van der Waals surface area contributed by atoms with E-state index in [1.54, 1.807) is 0 Å². The minimum atomic E-state index is -1.49. The van der Waals surface area contributed by atoms with Gasteiger partial charge in [0, 0.05) is 21.6 Å². The number of benzene rings is 8. The Morgan fingerprint density at radius 1 is 0.528 bits per heavy atom. The molecule has 0 bridgehead atoms. The quantitative estimate of drug-likeness (QED) is 0.00725. The van der Waals surface area contributed by atoms with E-state index >= 15 is 0 Å². The normalized spacial score (nSPS) is 10.1. The van der Waals surface area contributed by atoms with Crippen molar-refractivity contribution < 1.29 is 108 Å². The van der Waals surface area contributed by atoms with E-state index in [1.165, 1.54) is 18.9 Å². The first-order chi connectivity index (χ1) is 41.5. The average molecular weight is 1390 g/mol. The second-order valence-electron chi connectivity index (χ2n) is 16.7. The molecule has 13 N–H and O–H groups in total. The van der Waals surface area contributed by atoms with Crippen molar-refractivity contribution in [2.24, 2.45) is 11.5 Å². The molecule has 0 aliphatic rings. The van der Waals surface area contributed by atoms with Gasteiger partial charge in [-0.15, -0.1) is 40.3 Å². The zero-order valence-electron chi connectivity index (χ0n) is 48.4. The van der Waals surface area contributed by atoms with Gasteiger partial charge in [-0.2, -0.15) is 0 Å². The minimum absolute atomic E-state index is 0. The van der Waals surface area contributed by atoms with Crippen molar-refractivity contribution in [3.05, 3.63) is 287 Å². The summed E-state index contributed by atoms with van der Waals surface area (Å²) >= 11 is 10.3. The van der Waals surface area contributed by atoms with Gasteiger partial charge < -0.3 is 52.9 Å². The third-order valence-corrected chi connectivity index (χ3v) is 15.4. The van der Waals surface area contributed by atoms with Crippen LogP contribution in [0, 0.1) is 0 Å². The van der Waals surface area contributed by atoms with Crippen molar-refractivity contribution in [3.8, 4) is 0 Å². The Labute approximate surface area is 569 Å². The predicted molar refractivity (Wildman–Crippen MR) is 354 cm³/mol. The fourth-order valence-corrected chi connectivity index (χ4v) is 11.0. The second-order valence-corrected chi connectivity index (χ2v) is 21.6. The van der Waals surface area contributed by atoms with Gasteiger partial charge in [0.25, 0.3) is 6.47 Å². The van der Waals surface area contributed by atoms with E-state index in [0.29, 0.717) is 0 Å². The number of thiocarbonyl (C=S) groups is 1. The number of carbonyl (C=O) groups is 5. The van der Waals surface area contributed by atoms with E-state index in [0.717, 1.165) is 44.5 Å². The standard InChI is InChI=1S/C16H16O3S.C15H14O3S.C15H14O2S.C13H12O.C2H3ClO2.CH4N2S.CH2O3.BrH.H3N.Na.H2O2/c1-19-15(17)12-20(18)16(13-8-4-2-5-9-13)14-10-6-3-7-11-14;16-14(17)11-19(18)15(12-7-3-1-4-8-12)13-9-5-2-6-10-13;16-14(17)11-18-15(12-7-3-1-4-8-12)13-9-5-2-6-10-13;14-13(11-7-3-1-4-8-11)12-9-5-2-6-10-12;3-1-2(4)5;2-1(3)4;2-1-4-3;;;;1-2/h2-11,16H,12H2,1H3;1-10,15H,11H2,(H,16,17);1-10,15H,11H2,(H,16,17);1-10,13-14H;1H2,(H,4,5);(H4,2,3,4);1,3H;1H;1H3;;1-2H/q;;;;;;;;;+1;/p-1. The Morgan fingerprint density at radius 2 is 0.753 bits per heavy atom. The zero-order valence-corrected chi connectivity index (χ0v) is 56.1. The number of carboxylic acids is 3. The van der Waals surface area contributed by atoms with Crippen molar-refractivity contribution in [1.29, 1.82) is 0 Å². The Balaban J connectivity index is -0.00000102. The monoisotopic (exact) mass is 1390 g/mol. The summed E-state index contributed by atoms with van der Waals surface area (Å²) in [5.74, 6) is -3.92. The van der Waals surface area contributed by atoms with Crippen LogP contribution < -0.4 is 52.4 Å². The first kappa shape index (κ1) is 86.2. The van der Waals surface area contributed by atoms with Gasteiger partial charge in [-0.05, 0) is 56.7 Å². The summed E-state index contributed by atoms with van der Waals surface area (Å²) in [6, 6.07) is 77.2. The summed E-state index contributed by atoms with van der Waals surface area (Å²) in [6.45, 7) is -0.181. The van der Waals surface area contributed by atoms with Gasteiger partial charge in [0.2, 0.25) is 0 Å². The number of esters is 1. The van der Waals surface area contributed by atoms with Crippen molar-refractivity contribution in [1.82, 2.24) is 6.15 Å². The van der Waals surface area contributed by atoms with Crippen LogP contribution in [0.4, 0.5) is 0 Å². The van der Waals surface area contributed by atoms with E-state index < -0.39 is 56.8 Å². The Hall–Kier alpha value is -6.98. The molecule has 0 aliphatic carbocycles. The van der Waals surface area contributed by atoms with Crippen LogP contribution in [0.25, 0.3) is 0 Å². The number of ether oxygens (including phenoxy) is 1. The topological polar surface area (TPSA) is 369 Å². The number of aliphatic carboxylic acids is 3. The van der Waals surface area contributed by atoms with Crippen LogP contribution in [0.3, 0.4) is 0 Å². The van der Waals surface area contributed by atoms with Gasteiger partial charge in [0.15, 0.2) is 5.11 Å². The molecule has 0 saturated carbocycles. The number of halogens is 2. The number of nitrogens with two attached hydrogens (primary N) is 2. The number of methoxy groups -OCH3 is 1. The van der Waals surface area contributed by atoms with E-state index in [9.17, 15) is 32.7 Å². The summed E-state index contributed by atoms with van der Waals surface area (Å²) in [4.78, 5) is 53.4. The SMILES string of the molecule is Br.COC(=O)CS(=O)C(c1ccccc1)c1ccccc1.N.NC(N)=S.O=C(O)CCl.O=C(O)CS(=O)C(c1ccccc1)c1ccccc1.O=C(O)CSC(c1ccccc1)c1ccccc1.O=CO[O-].OC(c1ccccc1)c1ccccc1.OO.[Na+]. The predicted octanol–water partition coefficient (Wildman–Crippen LogP) is 7.36. The van der Waals surface area contributed by atoms with Crippen molar-refractivity contribution >= 4 is 110 Å². The molecule has 26 heteroatoms. The van der Waals surface area contributed by atoms with E-state index in [4.69, 9.17) is 47.5 Å². The summed E-state index contributed by atoms with van der Waals surface area (Å²) < 4.78 is 29.4. The number of hydrogen-bond acceptors (Lipinski definition) is 16. The fourth-order valence-electron chi connectivity index (χ4n) is 7.23. The molecule has 0 heterocycles. The number of thioether (sulfide) groups is 1. The van der Waals surface area contributed by atoms with Crippen LogP contribution in [-0.2, 0) is 55.2 Å². The number of aliphatic hydroxyl groups excluding tert-OH is 1. The number of rotatable bonds is 19. The molecule has 19 nitrogen and oxygen atoms in total. The third-order valence-electron chi connectivity index (χ3n) is 10.7. The van der Waals surface area contributed by atoms with E-state index in [1.807, 2.05) is 243 Å². The summed E-state index contributed by atoms with van der Waals surface area (Å²) in [7, 11) is -1.55. The largest absolute Gasteiger partial charge is 1.00 e. The smallest absolute Gasteiger partial charge is 0.662 e. The molecule has 472 valence electrons. The molecule has 0 aromatic heterocycles. The number of aliphatic hydroxyl groups is 1. The first-order valence-electron chi connectivity index (χ1n) is 25.2. The molecular weight excluding hydrogens is 1320 g/mol. The Morgan fingerprint density at radius 3 is 0.955 bits per heavy atom. The molecule has 0 radical (unpaired) electrons. The molecule has 89 heavy (non-hydrogen) atoms. The van der Waals surface area contributed by atoms with Gasteiger partial charge in [0.1, 0.15) is 23.5 Å². The van der Waals surface area contributed by atoms with Crippen LogP contribution in [-0.4, -0.2) is 105 Å². The number of carboxylic acid groups (broad SMARTS) is 3.